The highest BCUT2D eigenvalue weighted by molar-refractivity contribution is 5.98. The zero-order valence-corrected chi connectivity index (χ0v) is 14.7. The Labute approximate surface area is 148 Å². The summed E-state index contributed by atoms with van der Waals surface area (Å²) < 4.78 is 1.71. The van der Waals surface area contributed by atoms with E-state index in [1.54, 1.807) is 15.8 Å². The topological polar surface area (TPSA) is 65.8 Å². The Morgan fingerprint density at radius 3 is 2.72 bits per heavy atom. The minimum Gasteiger partial charge on any atom is -0.356 e. The minimum atomic E-state index is 0.0598. The SMILES string of the molecule is CCNC(=NCc1ccccc1)N1CCN(c2cnn(C)c2)C(=O)C1. The molecule has 3 rings (SSSR count). The summed E-state index contributed by atoms with van der Waals surface area (Å²) in [5.74, 6) is 0.843. The standard InChI is InChI=1S/C18H24N6O/c1-3-19-18(20-11-15-7-5-4-6-8-15)23-9-10-24(17(25)14-23)16-12-21-22(2)13-16/h4-8,12-13H,3,9-11,14H2,1-2H3,(H,19,20). The van der Waals surface area contributed by atoms with Gasteiger partial charge in [0.05, 0.1) is 18.4 Å². The highest BCUT2D eigenvalue weighted by Gasteiger charge is 2.27. The lowest BCUT2D eigenvalue weighted by molar-refractivity contribution is -0.120. The van der Waals surface area contributed by atoms with Crippen molar-refractivity contribution in [3.8, 4) is 0 Å². The molecule has 0 aliphatic carbocycles. The Morgan fingerprint density at radius 2 is 2.08 bits per heavy atom. The molecule has 2 heterocycles. The molecule has 1 aromatic carbocycles. The van der Waals surface area contributed by atoms with E-state index in [9.17, 15) is 4.79 Å². The highest BCUT2D eigenvalue weighted by Crippen LogP contribution is 2.16. The Balaban J connectivity index is 1.68. The van der Waals surface area contributed by atoms with E-state index in [1.807, 2.05) is 43.3 Å². The van der Waals surface area contributed by atoms with Crippen LogP contribution >= 0.6 is 0 Å². The van der Waals surface area contributed by atoms with Crippen LogP contribution in [0.15, 0.2) is 47.7 Å². The maximum absolute atomic E-state index is 12.6. The average Bonchev–Trinajstić information content (AvgIpc) is 3.05. The van der Waals surface area contributed by atoms with Gasteiger partial charge in [-0.25, -0.2) is 4.99 Å². The predicted molar refractivity (Wildman–Crippen MR) is 98.4 cm³/mol. The van der Waals surface area contributed by atoms with Crippen LogP contribution in [0.4, 0.5) is 5.69 Å². The van der Waals surface area contributed by atoms with E-state index in [0.29, 0.717) is 19.6 Å². The van der Waals surface area contributed by atoms with Gasteiger partial charge in [0.2, 0.25) is 5.91 Å². The molecule has 1 N–H and O–H groups in total. The molecule has 2 aromatic rings. The number of rotatable bonds is 4. The van der Waals surface area contributed by atoms with Gasteiger partial charge in [-0.2, -0.15) is 5.10 Å². The Bertz CT molecular complexity index is 739. The summed E-state index contributed by atoms with van der Waals surface area (Å²) in [6.07, 6.45) is 3.59. The smallest absolute Gasteiger partial charge is 0.246 e. The van der Waals surface area contributed by atoms with E-state index in [0.717, 1.165) is 30.3 Å². The second-order valence-electron chi connectivity index (χ2n) is 5.99. The first kappa shape index (κ1) is 17.0. The zero-order chi connectivity index (χ0) is 17.6. The molecule has 7 heteroatoms. The Hall–Kier alpha value is -2.83. The van der Waals surface area contributed by atoms with Crippen molar-refractivity contribution in [2.24, 2.45) is 12.0 Å². The molecule has 0 saturated carbocycles. The van der Waals surface area contributed by atoms with Crippen LogP contribution in [0.2, 0.25) is 0 Å². The Kier molecular flexibility index (Phi) is 5.33. The molecule has 1 aromatic heterocycles. The van der Waals surface area contributed by atoms with Crippen molar-refractivity contribution in [1.29, 1.82) is 0 Å². The quantitative estimate of drug-likeness (QED) is 0.672. The zero-order valence-electron chi connectivity index (χ0n) is 14.7. The fraction of sp³-hybridized carbons (Fsp3) is 0.389. The summed E-state index contributed by atoms with van der Waals surface area (Å²) >= 11 is 0. The molecule has 0 bridgehead atoms. The molecule has 1 fully saturated rings. The normalized spacial score (nSPS) is 15.6. The fourth-order valence-electron chi connectivity index (χ4n) is 2.85. The van der Waals surface area contributed by atoms with Crippen molar-refractivity contribution in [3.63, 3.8) is 0 Å². The molecule has 1 aliphatic heterocycles. The molecule has 0 radical (unpaired) electrons. The third-order valence-corrected chi connectivity index (χ3v) is 4.11. The van der Waals surface area contributed by atoms with Gasteiger partial charge in [0.25, 0.3) is 0 Å². The first-order chi connectivity index (χ1) is 12.2. The van der Waals surface area contributed by atoms with Crippen molar-refractivity contribution in [2.45, 2.75) is 13.5 Å². The van der Waals surface area contributed by atoms with Crippen LogP contribution in [-0.2, 0) is 18.4 Å². The minimum absolute atomic E-state index is 0.0598. The van der Waals surface area contributed by atoms with Crippen LogP contribution in [-0.4, -0.2) is 52.7 Å². The molecular weight excluding hydrogens is 316 g/mol. The van der Waals surface area contributed by atoms with E-state index in [1.165, 1.54) is 0 Å². The van der Waals surface area contributed by atoms with Gasteiger partial charge in [-0.15, -0.1) is 0 Å². The van der Waals surface area contributed by atoms with E-state index >= 15 is 0 Å². The number of aryl methyl sites for hydroxylation is 1. The van der Waals surface area contributed by atoms with Crippen molar-refractivity contribution in [2.75, 3.05) is 31.1 Å². The number of hydrogen-bond acceptors (Lipinski definition) is 3. The van der Waals surface area contributed by atoms with Crippen molar-refractivity contribution in [3.05, 3.63) is 48.3 Å². The summed E-state index contributed by atoms with van der Waals surface area (Å²) in [7, 11) is 1.85. The van der Waals surface area contributed by atoms with Gasteiger partial charge < -0.3 is 15.1 Å². The third-order valence-electron chi connectivity index (χ3n) is 4.11. The third kappa shape index (κ3) is 4.17. The second kappa shape index (κ2) is 7.83. The van der Waals surface area contributed by atoms with Crippen molar-refractivity contribution < 1.29 is 4.79 Å². The number of amides is 1. The van der Waals surface area contributed by atoms with E-state index in [4.69, 9.17) is 0 Å². The molecule has 1 saturated heterocycles. The number of nitrogens with zero attached hydrogens (tertiary/aromatic N) is 5. The lowest BCUT2D eigenvalue weighted by atomic mass is 10.2. The van der Waals surface area contributed by atoms with Crippen LogP contribution < -0.4 is 10.2 Å². The monoisotopic (exact) mass is 340 g/mol. The van der Waals surface area contributed by atoms with Gasteiger partial charge in [-0.3, -0.25) is 9.48 Å². The summed E-state index contributed by atoms with van der Waals surface area (Å²) in [6.45, 7) is 5.08. The highest BCUT2D eigenvalue weighted by atomic mass is 16.2. The number of carbonyl (C=O) groups is 1. The largest absolute Gasteiger partial charge is 0.356 e. The van der Waals surface area contributed by atoms with Gasteiger partial charge in [0.1, 0.15) is 6.54 Å². The van der Waals surface area contributed by atoms with Crippen LogP contribution in [0.1, 0.15) is 12.5 Å². The predicted octanol–water partition coefficient (Wildman–Crippen LogP) is 1.23. The van der Waals surface area contributed by atoms with Crippen molar-refractivity contribution >= 4 is 17.6 Å². The molecule has 132 valence electrons. The maximum atomic E-state index is 12.6. The van der Waals surface area contributed by atoms with Gasteiger partial charge in [0.15, 0.2) is 5.96 Å². The summed E-state index contributed by atoms with van der Waals surface area (Å²) in [5.41, 5.74) is 2.00. The van der Waals surface area contributed by atoms with Gasteiger partial charge in [-0.1, -0.05) is 30.3 Å². The number of nitrogens with one attached hydrogen (secondary N) is 1. The van der Waals surface area contributed by atoms with E-state index in [-0.39, 0.29) is 5.91 Å². The number of aromatic nitrogens is 2. The number of guanidine groups is 1. The number of hydrogen-bond donors (Lipinski definition) is 1. The van der Waals surface area contributed by atoms with E-state index < -0.39 is 0 Å². The maximum Gasteiger partial charge on any atom is 0.246 e. The number of carbonyl (C=O) groups excluding carboxylic acids is 1. The second-order valence-corrected chi connectivity index (χ2v) is 5.99. The molecule has 0 unspecified atom stereocenters. The van der Waals surface area contributed by atoms with Gasteiger partial charge in [-0.05, 0) is 12.5 Å². The van der Waals surface area contributed by atoms with Crippen LogP contribution in [0.3, 0.4) is 0 Å². The van der Waals surface area contributed by atoms with Crippen molar-refractivity contribution in [1.82, 2.24) is 20.0 Å². The van der Waals surface area contributed by atoms with Crippen LogP contribution in [0.5, 0.6) is 0 Å². The fourth-order valence-corrected chi connectivity index (χ4v) is 2.85. The average molecular weight is 340 g/mol. The Morgan fingerprint density at radius 1 is 1.28 bits per heavy atom. The first-order valence-electron chi connectivity index (χ1n) is 8.53. The number of benzene rings is 1. The summed E-state index contributed by atoms with van der Waals surface area (Å²) in [4.78, 5) is 21.0. The number of piperazine rings is 1. The molecule has 25 heavy (non-hydrogen) atoms. The number of anilines is 1. The first-order valence-corrected chi connectivity index (χ1v) is 8.53. The van der Waals surface area contributed by atoms with Crippen LogP contribution in [0.25, 0.3) is 0 Å². The number of aliphatic imine (C=N–C) groups is 1. The van der Waals surface area contributed by atoms with Gasteiger partial charge in [0, 0.05) is 32.9 Å². The summed E-state index contributed by atoms with van der Waals surface area (Å²) in [5, 5.41) is 7.44. The lowest BCUT2D eigenvalue weighted by Gasteiger charge is -2.35. The summed E-state index contributed by atoms with van der Waals surface area (Å²) in [6, 6.07) is 10.1. The molecule has 0 atom stereocenters. The van der Waals surface area contributed by atoms with E-state index in [2.05, 4.69) is 27.5 Å². The molecule has 7 nitrogen and oxygen atoms in total. The molecular formula is C18H24N6O. The van der Waals surface area contributed by atoms with Gasteiger partial charge >= 0.3 is 0 Å². The molecule has 1 amide bonds. The van der Waals surface area contributed by atoms with Crippen LogP contribution in [0, 0.1) is 0 Å². The lowest BCUT2D eigenvalue weighted by Crippen LogP contribution is -2.55. The molecule has 1 aliphatic rings. The molecule has 0 spiro atoms.